The lowest BCUT2D eigenvalue weighted by molar-refractivity contribution is 0.246. The fourth-order valence-electron chi connectivity index (χ4n) is 4.27. The molecule has 3 unspecified atom stereocenters. The van der Waals surface area contributed by atoms with Crippen LogP contribution >= 0.6 is 6.04 Å². The molecule has 3 rings (SSSR count). The third-order valence-electron chi connectivity index (χ3n) is 5.41. The lowest BCUT2D eigenvalue weighted by Crippen LogP contribution is -2.14. The van der Waals surface area contributed by atoms with E-state index in [1.807, 2.05) is 18.2 Å². The fraction of sp³-hybridized carbons (Fsp3) is 0.647. The molecule has 0 aliphatic carbocycles. The largest absolute Gasteiger partial charge is 0.496 e. The number of rotatable bonds is 4. The Kier molecular flexibility index (Phi) is 4.82. The third kappa shape index (κ3) is 2.50. The molecular formula is C17H25O3PS. The quantitative estimate of drug-likeness (QED) is 0.831. The van der Waals surface area contributed by atoms with E-state index in [1.165, 1.54) is 38.5 Å². The SMILES string of the molecule is COc1cccc(OC)c1C(O)P1(=S)C2CCCCC1CC2. The van der Waals surface area contributed by atoms with Crippen molar-refractivity contribution in [1.82, 2.24) is 0 Å². The van der Waals surface area contributed by atoms with Gasteiger partial charge in [0.25, 0.3) is 0 Å². The van der Waals surface area contributed by atoms with Crippen LogP contribution in [-0.4, -0.2) is 30.6 Å². The summed E-state index contributed by atoms with van der Waals surface area (Å²) in [6.07, 6.45) is 7.27. The Morgan fingerprint density at radius 2 is 1.55 bits per heavy atom. The van der Waals surface area contributed by atoms with Crippen LogP contribution in [0.5, 0.6) is 11.5 Å². The summed E-state index contributed by atoms with van der Waals surface area (Å²) in [6.45, 7) is 0. The molecule has 22 heavy (non-hydrogen) atoms. The molecule has 3 atom stereocenters. The summed E-state index contributed by atoms with van der Waals surface area (Å²) in [5, 5.41) is 11.3. The Hall–Kier alpha value is -0.570. The molecule has 2 fully saturated rings. The summed E-state index contributed by atoms with van der Waals surface area (Å²) in [4.78, 5) is 0. The van der Waals surface area contributed by atoms with Gasteiger partial charge in [-0.3, -0.25) is 0 Å². The first-order valence-electron chi connectivity index (χ1n) is 8.11. The van der Waals surface area contributed by atoms with Gasteiger partial charge in [-0.1, -0.05) is 30.7 Å². The van der Waals surface area contributed by atoms with E-state index >= 15 is 0 Å². The number of hydrogen-bond acceptors (Lipinski definition) is 4. The number of methoxy groups -OCH3 is 2. The summed E-state index contributed by atoms with van der Waals surface area (Å²) >= 11 is 6.22. The van der Waals surface area contributed by atoms with Gasteiger partial charge in [-0.05, 0) is 55.2 Å². The zero-order valence-electron chi connectivity index (χ0n) is 13.3. The van der Waals surface area contributed by atoms with Crippen molar-refractivity contribution in [3.63, 3.8) is 0 Å². The van der Waals surface area contributed by atoms with Crippen molar-refractivity contribution in [3.8, 4) is 11.5 Å². The van der Waals surface area contributed by atoms with Crippen LogP contribution in [0, 0.1) is 0 Å². The van der Waals surface area contributed by atoms with Gasteiger partial charge in [0, 0.05) is 0 Å². The smallest absolute Gasteiger partial charge is 0.128 e. The Morgan fingerprint density at radius 1 is 1.05 bits per heavy atom. The lowest BCUT2D eigenvalue weighted by Gasteiger charge is -2.34. The summed E-state index contributed by atoms with van der Waals surface area (Å²) in [5.74, 6) is 0.781. The maximum atomic E-state index is 11.3. The van der Waals surface area contributed by atoms with Crippen LogP contribution < -0.4 is 9.47 Å². The molecule has 0 spiro atoms. The van der Waals surface area contributed by atoms with Crippen molar-refractivity contribution in [2.45, 2.75) is 55.7 Å². The van der Waals surface area contributed by atoms with Crippen molar-refractivity contribution < 1.29 is 14.6 Å². The van der Waals surface area contributed by atoms with Crippen LogP contribution in [0.3, 0.4) is 0 Å². The molecule has 122 valence electrons. The minimum absolute atomic E-state index is 0.527. The van der Waals surface area contributed by atoms with E-state index in [9.17, 15) is 5.11 Å². The molecular weight excluding hydrogens is 315 g/mol. The summed E-state index contributed by atoms with van der Waals surface area (Å²) in [6, 6.07) is 3.78. The average Bonchev–Trinajstić information content (AvgIpc) is 2.74. The molecule has 2 aliphatic heterocycles. The van der Waals surface area contributed by atoms with Gasteiger partial charge >= 0.3 is 0 Å². The van der Waals surface area contributed by atoms with Gasteiger partial charge in [-0.15, -0.1) is 0 Å². The molecule has 1 aromatic rings. The molecule has 0 aromatic heterocycles. The highest BCUT2D eigenvalue weighted by Gasteiger charge is 2.48. The number of fused-ring (bicyclic) bond motifs is 2. The van der Waals surface area contributed by atoms with E-state index in [4.69, 9.17) is 21.3 Å². The Balaban J connectivity index is 2.07. The zero-order chi connectivity index (χ0) is 15.7. The topological polar surface area (TPSA) is 38.7 Å². The lowest BCUT2D eigenvalue weighted by atomic mass is 10.0. The highest BCUT2D eigenvalue weighted by molar-refractivity contribution is 8.15. The molecule has 2 aliphatic rings. The molecule has 2 bridgehead atoms. The van der Waals surface area contributed by atoms with Gasteiger partial charge in [0.2, 0.25) is 0 Å². The molecule has 0 radical (unpaired) electrons. The Labute approximate surface area is 138 Å². The molecule has 1 N–H and O–H groups in total. The summed E-state index contributed by atoms with van der Waals surface area (Å²) < 4.78 is 11.0. The van der Waals surface area contributed by atoms with Gasteiger partial charge in [-0.2, -0.15) is 0 Å². The van der Waals surface area contributed by atoms with Gasteiger partial charge in [0.05, 0.1) is 19.8 Å². The number of aliphatic hydroxyl groups is 1. The number of hydrogen-bond donors (Lipinski definition) is 1. The van der Waals surface area contributed by atoms with E-state index in [0.717, 1.165) is 5.56 Å². The molecule has 3 nitrogen and oxygen atoms in total. The maximum Gasteiger partial charge on any atom is 0.128 e. The van der Waals surface area contributed by atoms with Crippen molar-refractivity contribution in [2.24, 2.45) is 0 Å². The first kappa shape index (κ1) is 16.3. The van der Waals surface area contributed by atoms with E-state index in [0.29, 0.717) is 22.8 Å². The van der Waals surface area contributed by atoms with E-state index in [2.05, 4.69) is 0 Å². The molecule has 5 heteroatoms. The molecule has 1 aromatic carbocycles. The summed E-state index contributed by atoms with van der Waals surface area (Å²) in [7, 11) is 3.28. The average molecular weight is 340 g/mol. The van der Waals surface area contributed by atoms with Crippen LogP contribution in [0.25, 0.3) is 0 Å². The fourth-order valence-corrected chi connectivity index (χ4v) is 10.2. The van der Waals surface area contributed by atoms with Crippen molar-refractivity contribution >= 4 is 17.8 Å². The summed E-state index contributed by atoms with van der Waals surface area (Å²) in [5.41, 5.74) is 1.83. The van der Waals surface area contributed by atoms with Crippen molar-refractivity contribution in [1.29, 1.82) is 0 Å². The molecule has 2 heterocycles. The third-order valence-corrected chi connectivity index (χ3v) is 12.1. The van der Waals surface area contributed by atoms with E-state index < -0.39 is 11.9 Å². The standard InChI is InChI=1S/C17H25O3PS/c1-19-14-8-5-9-15(20-2)16(14)17(18)21(22)12-6-3-4-7-13(21)11-10-12/h5,8-9,12-13,17-18H,3-4,6-7,10-11H2,1-2H3. The Bertz CT molecular complexity index is 549. The van der Waals surface area contributed by atoms with Gasteiger partial charge in [-0.25, -0.2) is 0 Å². The van der Waals surface area contributed by atoms with Crippen molar-refractivity contribution in [3.05, 3.63) is 23.8 Å². The van der Waals surface area contributed by atoms with Crippen LogP contribution in [0.1, 0.15) is 49.9 Å². The van der Waals surface area contributed by atoms with Crippen LogP contribution in [0.4, 0.5) is 0 Å². The van der Waals surface area contributed by atoms with Gasteiger partial charge < -0.3 is 14.6 Å². The van der Waals surface area contributed by atoms with Crippen LogP contribution in [0.15, 0.2) is 18.2 Å². The first-order chi connectivity index (χ1) is 10.6. The minimum Gasteiger partial charge on any atom is -0.496 e. The zero-order valence-corrected chi connectivity index (χ0v) is 15.0. The minimum atomic E-state index is -1.89. The Morgan fingerprint density at radius 3 is 2.00 bits per heavy atom. The van der Waals surface area contributed by atoms with Gasteiger partial charge in [0.1, 0.15) is 17.3 Å². The normalized spacial score (nSPS) is 32.3. The van der Waals surface area contributed by atoms with E-state index in [-0.39, 0.29) is 0 Å². The maximum absolute atomic E-state index is 11.3. The van der Waals surface area contributed by atoms with Crippen molar-refractivity contribution in [2.75, 3.05) is 14.2 Å². The second-order valence-electron chi connectivity index (χ2n) is 6.38. The predicted molar refractivity (Wildman–Crippen MR) is 94.1 cm³/mol. The second kappa shape index (κ2) is 6.51. The van der Waals surface area contributed by atoms with Crippen LogP contribution in [0.2, 0.25) is 0 Å². The molecule has 2 saturated heterocycles. The second-order valence-corrected chi connectivity index (χ2v) is 11.8. The molecule has 0 amide bonds. The van der Waals surface area contributed by atoms with E-state index in [1.54, 1.807) is 14.2 Å². The number of ether oxygens (including phenoxy) is 2. The van der Waals surface area contributed by atoms with Gasteiger partial charge in [0.15, 0.2) is 0 Å². The highest BCUT2D eigenvalue weighted by atomic mass is 32.4. The first-order valence-corrected chi connectivity index (χ1v) is 11.1. The number of benzene rings is 1. The highest BCUT2D eigenvalue weighted by Crippen LogP contribution is 2.75. The monoisotopic (exact) mass is 340 g/mol. The molecule has 0 saturated carbocycles. The number of aliphatic hydroxyl groups excluding tert-OH is 1. The predicted octanol–water partition coefficient (Wildman–Crippen LogP) is 4.28. The van der Waals surface area contributed by atoms with Crippen LogP contribution in [-0.2, 0) is 11.8 Å².